The topological polar surface area (TPSA) is 52.6 Å². The van der Waals surface area contributed by atoms with E-state index >= 15 is 0 Å². The highest BCUT2D eigenvalue weighted by molar-refractivity contribution is 5.66. The van der Waals surface area contributed by atoms with Crippen LogP contribution in [0.25, 0.3) is 0 Å². The number of ether oxygens (including phenoxy) is 2. The lowest BCUT2D eigenvalue weighted by atomic mass is 10.0. The van der Waals surface area contributed by atoms with E-state index in [9.17, 15) is 9.59 Å². The number of carbonyl (C=O) groups excluding carboxylic acids is 2. The van der Waals surface area contributed by atoms with Gasteiger partial charge in [0.25, 0.3) is 0 Å². The molecule has 0 aromatic heterocycles. The molecule has 0 aromatic carbocycles. The molecule has 250 valence electrons. The van der Waals surface area contributed by atoms with Crippen LogP contribution < -0.4 is 0 Å². The van der Waals surface area contributed by atoms with Gasteiger partial charge in [-0.05, 0) is 32.1 Å². The number of hydrogen-bond donors (Lipinski definition) is 0. The lowest BCUT2D eigenvalue weighted by Gasteiger charge is -2.04. The highest BCUT2D eigenvalue weighted by Gasteiger charge is 1.97. The largest absolute Gasteiger partial charge is 0.466 e. The Morgan fingerprint density at radius 1 is 0.381 bits per heavy atom. The van der Waals surface area contributed by atoms with Crippen LogP contribution in [0.2, 0.25) is 0 Å². The number of unbranched alkanes of at least 4 members (excludes halogenated alkanes) is 25. The lowest BCUT2D eigenvalue weighted by Crippen LogP contribution is -2.00. The van der Waals surface area contributed by atoms with Gasteiger partial charge in [-0.1, -0.05) is 174 Å². The van der Waals surface area contributed by atoms with Gasteiger partial charge in [0.15, 0.2) is 0 Å². The molecule has 0 N–H and O–H groups in total. The Kier molecular flexibility index (Phi) is 40.4. The molecule has 0 aliphatic carbocycles. The van der Waals surface area contributed by atoms with Crippen molar-refractivity contribution in [3.63, 3.8) is 0 Å². The van der Waals surface area contributed by atoms with Crippen LogP contribution in [0.3, 0.4) is 0 Å². The molecule has 0 saturated carbocycles. The normalized spacial score (nSPS) is 11.0. The number of carbonyl (C=O) groups is 2. The first-order chi connectivity index (χ1) is 20.5. The van der Waals surface area contributed by atoms with Crippen molar-refractivity contribution in [3.05, 3.63) is 12.2 Å². The summed E-state index contributed by atoms with van der Waals surface area (Å²) in [6.45, 7) is 8.67. The molecule has 0 aliphatic heterocycles. The fourth-order valence-corrected chi connectivity index (χ4v) is 5.06. The number of allylic oxidation sites excluding steroid dienone is 2. The standard InChI is InChI=1S/C20H40O2.C18H34O2/c1-3-4-5-6-7-8-9-10-11-12-13-14-15-16-17-18-19-22-20(2)21;1-3-4-5-6-7-8-9-10-11-12-13-14-15-16-17-20-18(2)19/h3-19H2,1-2H3;6-7H,3-5,8-17H2,1-2H3. The summed E-state index contributed by atoms with van der Waals surface area (Å²) in [6.07, 6.45) is 42.0. The molecular weight excluding hydrogens is 520 g/mol. The van der Waals surface area contributed by atoms with Crippen LogP contribution in [-0.2, 0) is 19.1 Å². The smallest absolute Gasteiger partial charge is 0.302 e. The van der Waals surface area contributed by atoms with Crippen LogP contribution in [-0.4, -0.2) is 25.2 Å². The van der Waals surface area contributed by atoms with Crippen molar-refractivity contribution in [1.29, 1.82) is 0 Å². The Labute approximate surface area is 263 Å². The molecular formula is C38H74O4. The Hall–Kier alpha value is -1.32. The van der Waals surface area contributed by atoms with Gasteiger partial charge in [0.2, 0.25) is 0 Å². The number of esters is 2. The summed E-state index contributed by atoms with van der Waals surface area (Å²) in [4.78, 5) is 21.1. The van der Waals surface area contributed by atoms with E-state index in [-0.39, 0.29) is 11.9 Å². The molecule has 0 aromatic rings. The second-order valence-electron chi connectivity index (χ2n) is 12.2. The molecule has 4 heteroatoms. The number of rotatable bonds is 31. The van der Waals surface area contributed by atoms with Crippen molar-refractivity contribution in [3.8, 4) is 0 Å². The molecule has 0 atom stereocenters. The maximum absolute atomic E-state index is 10.6. The molecule has 0 bridgehead atoms. The second-order valence-corrected chi connectivity index (χ2v) is 12.2. The first-order valence-corrected chi connectivity index (χ1v) is 18.5. The van der Waals surface area contributed by atoms with Gasteiger partial charge in [0.1, 0.15) is 0 Å². The van der Waals surface area contributed by atoms with E-state index in [2.05, 4.69) is 26.0 Å². The van der Waals surface area contributed by atoms with Gasteiger partial charge in [-0.25, -0.2) is 0 Å². The highest BCUT2D eigenvalue weighted by atomic mass is 16.5. The monoisotopic (exact) mass is 595 g/mol. The molecule has 0 radical (unpaired) electrons. The predicted molar refractivity (Wildman–Crippen MR) is 183 cm³/mol. The molecule has 0 heterocycles. The summed E-state index contributed by atoms with van der Waals surface area (Å²) < 4.78 is 9.83. The fraction of sp³-hybridized carbons (Fsp3) is 0.895. The van der Waals surface area contributed by atoms with Gasteiger partial charge in [-0.15, -0.1) is 0 Å². The molecule has 0 amide bonds. The third-order valence-corrected chi connectivity index (χ3v) is 7.76. The zero-order valence-corrected chi connectivity index (χ0v) is 29.0. The summed E-state index contributed by atoms with van der Waals surface area (Å²) in [6, 6.07) is 0. The Balaban J connectivity index is 0. The quantitative estimate of drug-likeness (QED) is 0.0455. The highest BCUT2D eigenvalue weighted by Crippen LogP contribution is 2.14. The van der Waals surface area contributed by atoms with E-state index in [0.29, 0.717) is 13.2 Å². The SMILES string of the molecule is CCCCC=CCCCCCCCCCCOC(C)=O.CCCCCCCCCCCCCCCCCCOC(C)=O. The van der Waals surface area contributed by atoms with Gasteiger partial charge in [-0.2, -0.15) is 0 Å². The molecule has 0 aliphatic rings. The lowest BCUT2D eigenvalue weighted by molar-refractivity contribution is -0.142. The molecule has 0 fully saturated rings. The third-order valence-electron chi connectivity index (χ3n) is 7.76. The Morgan fingerprint density at radius 3 is 0.952 bits per heavy atom. The summed E-state index contributed by atoms with van der Waals surface area (Å²) in [5.74, 6) is -0.310. The minimum absolute atomic E-state index is 0.152. The van der Waals surface area contributed by atoms with Crippen molar-refractivity contribution in [2.24, 2.45) is 0 Å². The third kappa shape index (κ3) is 45.7. The van der Waals surface area contributed by atoms with Gasteiger partial charge in [-0.3, -0.25) is 9.59 Å². The average Bonchev–Trinajstić information content (AvgIpc) is 2.97. The predicted octanol–water partition coefficient (Wildman–Crippen LogP) is 12.6. The molecule has 0 rings (SSSR count). The van der Waals surface area contributed by atoms with E-state index in [1.807, 2.05) is 0 Å². The van der Waals surface area contributed by atoms with Gasteiger partial charge in [0.05, 0.1) is 13.2 Å². The maximum atomic E-state index is 10.6. The van der Waals surface area contributed by atoms with Crippen molar-refractivity contribution in [2.45, 2.75) is 207 Å². The summed E-state index contributed by atoms with van der Waals surface area (Å²) in [7, 11) is 0. The number of hydrogen-bond acceptors (Lipinski definition) is 4. The van der Waals surface area contributed by atoms with Crippen LogP contribution in [0, 0.1) is 0 Å². The zero-order valence-electron chi connectivity index (χ0n) is 29.0. The Bertz CT molecular complexity index is 557. The van der Waals surface area contributed by atoms with Crippen LogP contribution in [0.5, 0.6) is 0 Å². The summed E-state index contributed by atoms with van der Waals surface area (Å²) in [5.41, 5.74) is 0. The summed E-state index contributed by atoms with van der Waals surface area (Å²) in [5, 5.41) is 0. The van der Waals surface area contributed by atoms with Crippen molar-refractivity contribution < 1.29 is 19.1 Å². The van der Waals surface area contributed by atoms with Gasteiger partial charge < -0.3 is 9.47 Å². The maximum Gasteiger partial charge on any atom is 0.302 e. The van der Waals surface area contributed by atoms with Gasteiger partial charge in [0, 0.05) is 13.8 Å². The molecule has 0 spiro atoms. The fourth-order valence-electron chi connectivity index (χ4n) is 5.06. The van der Waals surface area contributed by atoms with Crippen LogP contribution in [0.1, 0.15) is 207 Å². The minimum atomic E-state index is -0.159. The van der Waals surface area contributed by atoms with Crippen LogP contribution in [0.15, 0.2) is 12.2 Å². The average molecular weight is 595 g/mol. The van der Waals surface area contributed by atoms with E-state index in [0.717, 1.165) is 12.8 Å². The zero-order chi connectivity index (χ0) is 31.2. The molecule has 42 heavy (non-hydrogen) atoms. The van der Waals surface area contributed by atoms with E-state index in [1.54, 1.807) is 0 Å². The second kappa shape index (κ2) is 39.7. The first-order valence-electron chi connectivity index (χ1n) is 18.5. The first kappa shape index (κ1) is 42.8. The van der Waals surface area contributed by atoms with Gasteiger partial charge >= 0.3 is 11.9 Å². The van der Waals surface area contributed by atoms with Crippen LogP contribution >= 0.6 is 0 Å². The van der Waals surface area contributed by atoms with Crippen molar-refractivity contribution >= 4 is 11.9 Å². The van der Waals surface area contributed by atoms with E-state index in [4.69, 9.17) is 9.47 Å². The molecule has 0 saturated heterocycles. The van der Waals surface area contributed by atoms with Crippen LogP contribution in [0.4, 0.5) is 0 Å². The summed E-state index contributed by atoms with van der Waals surface area (Å²) >= 11 is 0. The molecule has 0 unspecified atom stereocenters. The molecule has 4 nitrogen and oxygen atoms in total. The van der Waals surface area contributed by atoms with Crippen molar-refractivity contribution in [2.75, 3.05) is 13.2 Å². The van der Waals surface area contributed by atoms with E-state index < -0.39 is 0 Å². The minimum Gasteiger partial charge on any atom is -0.466 e. The Morgan fingerprint density at radius 2 is 0.643 bits per heavy atom. The van der Waals surface area contributed by atoms with E-state index in [1.165, 1.54) is 181 Å². The van der Waals surface area contributed by atoms with Crippen molar-refractivity contribution in [1.82, 2.24) is 0 Å².